The van der Waals surface area contributed by atoms with Gasteiger partial charge in [-0.1, -0.05) is 48.5 Å². The van der Waals surface area contributed by atoms with Crippen molar-refractivity contribution in [3.05, 3.63) is 71.9 Å². The highest BCUT2D eigenvalue weighted by Gasteiger charge is 2.04. The average Bonchev–Trinajstić information content (AvgIpc) is 3.09. The zero-order chi connectivity index (χ0) is 18.0. The summed E-state index contributed by atoms with van der Waals surface area (Å²) in [6, 6.07) is 18.7. The van der Waals surface area contributed by atoms with E-state index >= 15 is 0 Å². The van der Waals surface area contributed by atoms with Crippen LogP contribution in [0.4, 0.5) is 0 Å². The molecule has 0 fully saturated rings. The Balaban J connectivity index is 1.25. The summed E-state index contributed by atoms with van der Waals surface area (Å²) in [5.74, 6) is 0.111. The molecule has 4 heteroatoms. The van der Waals surface area contributed by atoms with Crippen molar-refractivity contribution in [2.45, 2.75) is 25.7 Å². The zero-order valence-corrected chi connectivity index (χ0v) is 15.1. The molecule has 0 atom stereocenters. The lowest BCUT2D eigenvalue weighted by atomic mass is 10.1. The van der Waals surface area contributed by atoms with Crippen molar-refractivity contribution in [3.63, 3.8) is 0 Å². The van der Waals surface area contributed by atoms with Crippen LogP contribution in [0.3, 0.4) is 0 Å². The van der Waals surface area contributed by atoms with E-state index in [9.17, 15) is 4.79 Å². The number of rotatable bonds is 10. The summed E-state index contributed by atoms with van der Waals surface area (Å²) in [4.78, 5) is 15.2. The number of H-pyrrole nitrogens is 1. The summed E-state index contributed by atoms with van der Waals surface area (Å²) >= 11 is 0. The molecule has 2 aromatic carbocycles. The van der Waals surface area contributed by atoms with Crippen LogP contribution in [0.1, 0.15) is 24.0 Å². The highest BCUT2D eigenvalue weighted by Crippen LogP contribution is 2.17. The monoisotopic (exact) mass is 349 g/mol. The normalized spacial score (nSPS) is 10.9. The van der Waals surface area contributed by atoms with E-state index in [0.717, 1.165) is 37.9 Å². The number of carbonyl (C=O) groups excluding carboxylic acids is 1. The van der Waals surface area contributed by atoms with Gasteiger partial charge in [0.15, 0.2) is 0 Å². The number of fused-ring (bicyclic) bond motifs is 1. The quantitative estimate of drug-likeness (QED) is 0.491. The van der Waals surface area contributed by atoms with Gasteiger partial charge in [-0.15, -0.1) is 0 Å². The molecule has 0 unspecified atom stereocenters. The third-order valence-corrected chi connectivity index (χ3v) is 4.58. The van der Waals surface area contributed by atoms with E-state index in [-0.39, 0.29) is 5.91 Å². The van der Waals surface area contributed by atoms with E-state index in [0.29, 0.717) is 13.0 Å². The number of hydrogen-bond acceptors (Lipinski definition) is 2. The van der Waals surface area contributed by atoms with E-state index in [4.69, 9.17) is 0 Å². The predicted octanol–water partition coefficient (Wildman–Crippen LogP) is 3.44. The molecule has 1 aromatic heterocycles. The van der Waals surface area contributed by atoms with Gasteiger partial charge < -0.3 is 15.6 Å². The number of carbonyl (C=O) groups is 1. The van der Waals surface area contributed by atoms with Crippen molar-refractivity contribution >= 4 is 16.8 Å². The number of aromatic nitrogens is 1. The lowest BCUT2D eigenvalue weighted by Gasteiger charge is -2.07. The molecule has 1 amide bonds. The Kier molecular flexibility index (Phi) is 6.85. The van der Waals surface area contributed by atoms with Gasteiger partial charge >= 0.3 is 0 Å². The van der Waals surface area contributed by atoms with Crippen molar-refractivity contribution < 1.29 is 4.79 Å². The number of para-hydroxylation sites is 1. The van der Waals surface area contributed by atoms with Gasteiger partial charge in [0.2, 0.25) is 5.91 Å². The SMILES string of the molecule is O=C(CCNCCCc1ccccc1)NCCc1c[nH]c2ccccc12. The van der Waals surface area contributed by atoms with E-state index in [1.807, 2.05) is 24.4 Å². The minimum absolute atomic E-state index is 0.111. The zero-order valence-electron chi connectivity index (χ0n) is 15.1. The topological polar surface area (TPSA) is 56.9 Å². The molecule has 1 heterocycles. The van der Waals surface area contributed by atoms with Crippen molar-refractivity contribution in [3.8, 4) is 0 Å². The number of aromatic amines is 1. The fraction of sp³-hybridized carbons (Fsp3) is 0.318. The van der Waals surface area contributed by atoms with Crippen LogP contribution in [-0.2, 0) is 17.6 Å². The van der Waals surface area contributed by atoms with E-state index in [1.165, 1.54) is 16.5 Å². The molecule has 0 aliphatic heterocycles. The molecule has 0 saturated heterocycles. The Morgan fingerprint density at radius 1 is 0.885 bits per heavy atom. The molecule has 3 N–H and O–H groups in total. The maximum Gasteiger partial charge on any atom is 0.221 e. The molecular formula is C22H27N3O. The molecule has 4 nitrogen and oxygen atoms in total. The van der Waals surface area contributed by atoms with Gasteiger partial charge in [0.25, 0.3) is 0 Å². The summed E-state index contributed by atoms with van der Waals surface area (Å²) in [7, 11) is 0. The van der Waals surface area contributed by atoms with Gasteiger partial charge in [0, 0.05) is 36.6 Å². The van der Waals surface area contributed by atoms with Gasteiger partial charge in [-0.2, -0.15) is 0 Å². The van der Waals surface area contributed by atoms with Crippen LogP contribution in [0, 0.1) is 0 Å². The molecule has 0 spiro atoms. The number of amides is 1. The van der Waals surface area contributed by atoms with Gasteiger partial charge in [0.05, 0.1) is 0 Å². The van der Waals surface area contributed by atoms with Crippen molar-refractivity contribution in [2.24, 2.45) is 0 Å². The third-order valence-electron chi connectivity index (χ3n) is 4.58. The Labute approximate surface area is 155 Å². The van der Waals surface area contributed by atoms with Crippen LogP contribution in [0.5, 0.6) is 0 Å². The molecule has 136 valence electrons. The molecule has 3 rings (SSSR count). The molecule has 0 bridgehead atoms. The molecule has 3 aromatic rings. The van der Waals surface area contributed by atoms with Crippen LogP contribution in [0.25, 0.3) is 10.9 Å². The first kappa shape index (κ1) is 18.2. The Hall–Kier alpha value is -2.59. The Morgan fingerprint density at radius 2 is 1.69 bits per heavy atom. The molecular weight excluding hydrogens is 322 g/mol. The highest BCUT2D eigenvalue weighted by atomic mass is 16.1. The van der Waals surface area contributed by atoms with Crippen molar-refractivity contribution in [2.75, 3.05) is 19.6 Å². The second-order valence-electron chi connectivity index (χ2n) is 6.55. The van der Waals surface area contributed by atoms with Crippen LogP contribution >= 0.6 is 0 Å². The molecule has 26 heavy (non-hydrogen) atoms. The van der Waals surface area contributed by atoms with E-state index < -0.39 is 0 Å². The number of aryl methyl sites for hydroxylation is 1. The lowest BCUT2D eigenvalue weighted by molar-refractivity contribution is -0.120. The smallest absolute Gasteiger partial charge is 0.221 e. The molecule has 0 aliphatic carbocycles. The first-order valence-electron chi connectivity index (χ1n) is 9.39. The Morgan fingerprint density at radius 3 is 2.58 bits per heavy atom. The minimum Gasteiger partial charge on any atom is -0.361 e. The van der Waals surface area contributed by atoms with Gasteiger partial charge in [-0.05, 0) is 43.0 Å². The molecule has 0 saturated carbocycles. The fourth-order valence-electron chi connectivity index (χ4n) is 3.15. The Bertz CT molecular complexity index is 810. The van der Waals surface area contributed by atoms with Crippen molar-refractivity contribution in [1.82, 2.24) is 15.6 Å². The largest absolute Gasteiger partial charge is 0.361 e. The summed E-state index contributed by atoms with van der Waals surface area (Å²) in [5, 5.41) is 7.60. The van der Waals surface area contributed by atoms with Crippen molar-refractivity contribution in [1.29, 1.82) is 0 Å². The maximum absolute atomic E-state index is 11.9. The summed E-state index contributed by atoms with van der Waals surface area (Å²) < 4.78 is 0. The number of nitrogens with one attached hydrogen (secondary N) is 3. The highest BCUT2D eigenvalue weighted by molar-refractivity contribution is 5.83. The van der Waals surface area contributed by atoms with Gasteiger partial charge in [-0.3, -0.25) is 4.79 Å². The number of hydrogen-bond donors (Lipinski definition) is 3. The summed E-state index contributed by atoms with van der Waals surface area (Å²) in [5.41, 5.74) is 3.76. The van der Waals surface area contributed by atoms with Crippen LogP contribution in [0.15, 0.2) is 60.8 Å². The second-order valence-corrected chi connectivity index (χ2v) is 6.55. The van der Waals surface area contributed by atoms with E-state index in [1.54, 1.807) is 0 Å². The standard InChI is InChI=1S/C22H27N3O/c26-22(13-15-23-14-6-9-18-7-2-1-3-8-18)24-16-12-19-17-25-21-11-5-4-10-20(19)21/h1-5,7-8,10-11,17,23,25H,6,9,12-16H2,(H,24,26). The summed E-state index contributed by atoms with van der Waals surface area (Å²) in [6.45, 7) is 2.35. The minimum atomic E-state index is 0.111. The number of benzene rings is 2. The van der Waals surface area contributed by atoms with Crippen LogP contribution in [-0.4, -0.2) is 30.5 Å². The molecule has 0 radical (unpaired) electrons. The summed E-state index contributed by atoms with van der Waals surface area (Å²) in [6.07, 6.45) is 5.57. The van der Waals surface area contributed by atoms with Crippen LogP contribution < -0.4 is 10.6 Å². The molecule has 0 aliphatic rings. The second kappa shape index (κ2) is 9.78. The lowest BCUT2D eigenvalue weighted by Crippen LogP contribution is -2.29. The fourth-order valence-corrected chi connectivity index (χ4v) is 3.15. The van der Waals surface area contributed by atoms with Gasteiger partial charge in [0.1, 0.15) is 0 Å². The maximum atomic E-state index is 11.9. The third kappa shape index (κ3) is 5.46. The van der Waals surface area contributed by atoms with Gasteiger partial charge in [-0.25, -0.2) is 0 Å². The van der Waals surface area contributed by atoms with Crippen LogP contribution in [0.2, 0.25) is 0 Å². The van der Waals surface area contributed by atoms with E-state index in [2.05, 4.69) is 52.0 Å². The first-order valence-corrected chi connectivity index (χ1v) is 9.39. The first-order chi connectivity index (χ1) is 12.8. The predicted molar refractivity (Wildman–Crippen MR) is 107 cm³/mol. The average molecular weight is 349 g/mol.